The fourth-order valence-corrected chi connectivity index (χ4v) is 0.203. The van der Waals surface area contributed by atoms with Crippen molar-refractivity contribution in [1.82, 2.24) is 0 Å². The van der Waals surface area contributed by atoms with Crippen molar-refractivity contribution in [2.75, 3.05) is 20.3 Å². The van der Waals surface area contributed by atoms with Crippen LogP contribution in [0.15, 0.2) is 0 Å². The summed E-state index contributed by atoms with van der Waals surface area (Å²) in [5, 5.41) is 15.0. The van der Waals surface area contributed by atoms with Crippen LogP contribution in [0.2, 0.25) is 0 Å². The number of carbonyl (C=O) groups is 2. The molecule has 11 heavy (non-hydrogen) atoms. The van der Waals surface area contributed by atoms with Crippen LogP contribution >= 0.6 is 0 Å². The van der Waals surface area contributed by atoms with E-state index in [-0.39, 0.29) is 12.4 Å². The van der Waals surface area contributed by atoms with E-state index in [0.717, 1.165) is 0 Å². The summed E-state index contributed by atoms with van der Waals surface area (Å²) in [5.74, 6) is -1.12. The van der Waals surface area contributed by atoms with Crippen LogP contribution < -0.4 is 0 Å². The van der Waals surface area contributed by atoms with E-state index >= 15 is 0 Å². The number of hydrogen-bond donors (Lipinski definition) is 2. The van der Waals surface area contributed by atoms with Gasteiger partial charge in [0.25, 0.3) is 0 Å². The number of carboxylic acids is 1. The van der Waals surface area contributed by atoms with Crippen molar-refractivity contribution in [3.8, 4) is 0 Å². The van der Waals surface area contributed by atoms with Gasteiger partial charge in [-0.15, -0.1) is 0 Å². The molecule has 0 aromatic rings. The maximum atomic E-state index is 9.92. The first kappa shape index (κ1) is 12.7. The Morgan fingerprint density at radius 2 is 1.82 bits per heavy atom. The van der Waals surface area contributed by atoms with E-state index in [1.807, 2.05) is 0 Å². The third kappa shape index (κ3) is 27.4. The molecule has 2 N–H and O–H groups in total. The van der Waals surface area contributed by atoms with Gasteiger partial charge in [0.1, 0.15) is 13.2 Å². The molecule has 0 aliphatic rings. The first-order chi connectivity index (χ1) is 5.04. The minimum atomic E-state index is -1.19. The Balaban J connectivity index is 0. The topological polar surface area (TPSA) is 83.8 Å². The summed E-state index contributed by atoms with van der Waals surface area (Å²) in [6.07, 6.45) is 0. The lowest BCUT2D eigenvalue weighted by molar-refractivity contribution is -0.140. The van der Waals surface area contributed by atoms with Gasteiger partial charge in [-0.2, -0.15) is 0 Å². The summed E-state index contributed by atoms with van der Waals surface area (Å²) in [7, 11) is 1.50. The Kier molecular flexibility index (Phi) is 10.5. The fourth-order valence-electron chi connectivity index (χ4n) is 0.203. The summed E-state index contributed by atoms with van der Waals surface area (Å²) >= 11 is 0. The van der Waals surface area contributed by atoms with E-state index in [0.29, 0.717) is 0 Å². The first-order valence-corrected chi connectivity index (χ1v) is 2.85. The van der Waals surface area contributed by atoms with Crippen molar-refractivity contribution in [1.29, 1.82) is 0 Å². The first-order valence-electron chi connectivity index (χ1n) is 2.85. The number of methoxy groups -OCH3 is 1. The minimum absolute atomic E-state index is 0.0671. The Bertz CT molecular complexity index is 120. The van der Waals surface area contributed by atoms with Crippen LogP contribution in [0.4, 0.5) is 0 Å². The van der Waals surface area contributed by atoms with Crippen molar-refractivity contribution in [3.63, 3.8) is 0 Å². The third-order valence-corrected chi connectivity index (χ3v) is 0.483. The molecule has 0 spiro atoms. The molecule has 0 amide bonds. The molecule has 0 rings (SSSR count). The van der Waals surface area contributed by atoms with Gasteiger partial charge in [-0.05, 0) is 6.92 Å². The van der Waals surface area contributed by atoms with Crippen molar-refractivity contribution in [2.45, 2.75) is 6.92 Å². The lowest BCUT2D eigenvalue weighted by atomic mass is 10.5. The molecule has 5 nitrogen and oxygen atoms in total. The third-order valence-electron chi connectivity index (χ3n) is 0.483. The molecule has 0 radical (unpaired) electrons. The van der Waals surface area contributed by atoms with Gasteiger partial charge in [0.15, 0.2) is 5.78 Å². The number of rotatable bonds is 3. The summed E-state index contributed by atoms with van der Waals surface area (Å²) in [5.41, 5.74) is 0. The number of hydrogen-bond acceptors (Lipinski definition) is 4. The molecule has 0 fully saturated rings. The smallest absolute Gasteiger partial charge is 0.329 e. The standard InChI is InChI=1S/C4H8O2.C2H4O3/c1-4(5)3-6-2;3-1-2(4)5/h3H2,1-2H3;3H,1H2,(H,4,5). The van der Waals surface area contributed by atoms with Gasteiger partial charge in [-0.1, -0.05) is 0 Å². The molecule has 66 valence electrons. The van der Waals surface area contributed by atoms with E-state index in [1.165, 1.54) is 14.0 Å². The summed E-state index contributed by atoms with van der Waals surface area (Å²) in [4.78, 5) is 19.0. The number of ether oxygens (including phenoxy) is 1. The predicted octanol–water partition coefficient (Wildman–Crippen LogP) is -0.715. The van der Waals surface area contributed by atoms with Gasteiger partial charge in [-0.3, -0.25) is 4.79 Å². The van der Waals surface area contributed by atoms with Gasteiger partial charge in [0.2, 0.25) is 0 Å². The molecule has 0 saturated heterocycles. The number of aliphatic hydroxyl groups excluding tert-OH is 1. The second-order valence-corrected chi connectivity index (χ2v) is 1.69. The summed E-state index contributed by atoms with van der Waals surface area (Å²) in [6, 6.07) is 0. The number of carbonyl (C=O) groups excluding carboxylic acids is 1. The zero-order chi connectivity index (χ0) is 9.28. The quantitative estimate of drug-likeness (QED) is 0.575. The largest absolute Gasteiger partial charge is 0.480 e. The molecule has 0 aromatic heterocycles. The van der Waals surface area contributed by atoms with Gasteiger partial charge in [-0.25, -0.2) is 4.79 Å². The average molecular weight is 164 g/mol. The molecule has 0 atom stereocenters. The maximum Gasteiger partial charge on any atom is 0.329 e. The van der Waals surface area contributed by atoms with Gasteiger partial charge in [0.05, 0.1) is 0 Å². The predicted molar refractivity (Wildman–Crippen MR) is 37.3 cm³/mol. The number of Topliss-reactive ketones (excluding diaryl/α,β-unsaturated/α-hetero) is 1. The Morgan fingerprint density at radius 1 is 1.45 bits per heavy atom. The Hall–Kier alpha value is -0.940. The minimum Gasteiger partial charge on any atom is -0.480 e. The summed E-state index contributed by atoms with van der Waals surface area (Å²) < 4.78 is 4.45. The zero-order valence-electron chi connectivity index (χ0n) is 6.53. The van der Waals surface area contributed by atoms with Crippen molar-refractivity contribution < 1.29 is 24.5 Å². The van der Waals surface area contributed by atoms with Crippen LogP contribution in [0.5, 0.6) is 0 Å². The van der Waals surface area contributed by atoms with E-state index in [1.54, 1.807) is 0 Å². The fraction of sp³-hybridized carbons (Fsp3) is 0.667. The molecule has 0 unspecified atom stereocenters. The highest BCUT2D eigenvalue weighted by Crippen LogP contribution is 1.65. The van der Waals surface area contributed by atoms with Crippen molar-refractivity contribution in [2.24, 2.45) is 0 Å². The Labute approximate surface area is 64.6 Å². The zero-order valence-corrected chi connectivity index (χ0v) is 6.53. The Morgan fingerprint density at radius 3 is 1.82 bits per heavy atom. The number of carboxylic acid groups (broad SMARTS) is 1. The highest BCUT2D eigenvalue weighted by atomic mass is 16.5. The van der Waals surface area contributed by atoms with E-state index < -0.39 is 12.6 Å². The van der Waals surface area contributed by atoms with E-state index in [4.69, 9.17) is 15.0 Å². The maximum absolute atomic E-state index is 9.92. The van der Waals surface area contributed by atoms with Gasteiger partial charge < -0.3 is 14.9 Å². The van der Waals surface area contributed by atoms with Crippen LogP contribution in [0.1, 0.15) is 6.92 Å². The second-order valence-electron chi connectivity index (χ2n) is 1.69. The van der Waals surface area contributed by atoms with Crippen molar-refractivity contribution >= 4 is 11.8 Å². The number of aliphatic carboxylic acids is 1. The van der Waals surface area contributed by atoms with Crippen LogP contribution in [0.25, 0.3) is 0 Å². The lowest BCUT2D eigenvalue weighted by Crippen LogP contribution is -1.98. The molecular formula is C6H12O5. The van der Waals surface area contributed by atoms with Gasteiger partial charge in [0, 0.05) is 7.11 Å². The second kappa shape index (κ2) is 9.06. The average Bonchev–Trinajstić information content (AvgIpc) is 1.89. The van der Waals surface area contributed by atoms with Gasteiger partial charge >= 0.3 is 5.97 Å². The number of ketones is 1. The van der Waals surface area contributed by atoms with Crippen LogP contribution in [0.3, 0.4) is 0 Å². The molecule has 0 heterocycles. The molecule has 0 bridgehead atoms. The van der Waals surface area contributed by atoms with Crippen LogP contribution in [-0.4, -0.2) is 42.3 Å². The van der Waals surface area contributed by atoms with E-state index in [2.05, 4.69) is 4.74 Å². The van der Waals surface area contributed by atoms with Crippen LogP contribution in [-0.2, 0) is 14.3 Å². The lowest BCUT2D eigenvalue weighted by Gasteiger charge is -1.84. The molecule has 0 aliphatic carbocycles. The summed E-state index contributed by atoms with van der Waals surface area (Å²) in [6.45, 7) is 0.948. The molecule has 0 aromatic carbocycles. The molecule has 0 aliphatic heterocycles. The van der Waals surface area contributed by atoms with Crippen LogP contribution in [0, 0.1) is 0 Å². The normalized spacial score (nSPS) is 7.91. The molecule has 0 saturated carbocycles. The molecule has 5 heteroatoms. The highest BCUT2D eigenvalue weighted by Gasteiger charge is 1.83. The van der Waals surface area contributed by atoms with E-state index in [9.17, 15) is 4.79 Å². The monoisotopic (exact) mass is 164 g/mol. The molecular weight excluding hydrogens is 152 g/mol. The van der Waals surface area contributed by atoms with Crippen molar-refractivity contribution in [3.05, 3.63) is 0 Å². The number of aliphatic hydroxyl groups is 1. The highest BCUT2D eigenvalue weighted by molar-refractivity contribution is 5.76. The SMILES string of the molecule is COCC(C)=O.O=C(O)CO.